The number of hydrogen-bond donors (Lipinski definition) is 0. The molecule has 2 fully saturated rings. The second-order valence-electron chi connectivity index (χ2n) is 4.64. The van der Waals surface area contributed by atoms with Crippen molar-refractivity contribution in [1.29, 1.82) is 0 Å². The van der Waals surface area contributed by atoms with Gasteiger partial charge in [0, 0.05) is 19.8 Å². The topological polar surface area (TPSA) is 44.8 Å². The molecule has 2 rings (SSSR count). The summed E-state index contributed by atoms with van der Waals surface area (Å²) in [6.45, 7) is 1.75. The Labute approximate surface area is 102 Å². The fraction of sp³-hybridized carbons (Fsp3) is 0.769. The Kier molecular flexibility index (Phi) is 3.70. The molecular weight excluding hydrogens is 220 g/mol. The van der Waals surface area contributed by atoms with Crippen LogP contribution in [0.2, 0.25) is 0 Å². The van der Waals surface area contributed by atoms with E-state index in [1.54, 1.807) is 0 Å². The Bertz CT molecular complexity index is 325. The molecule has 1 aliphatic heterocycles. The second-order valence-corrected chi connectivity index (χ2v) is 4.64. The SMILES string of the molecule is C#C[C@H](OC(C)=O)[C@H]1COC2(CCCCC2)O1. The zero-order chi connectivity index (χ0) is 12.3. The van der Waals surface area contributed by atoms with E-state index in [0.717, 1.165) is 25.7 Å². The van der Waals surface area contributed by atoms with Crippen LogP contribution in [0.1, 0.15) is 39.0 Å². The fourth-order valence-corrected chi connectivity index (χ4v) is 2.48. The third kappa shape index (κ3) is 2.80. The van der Waals surface area contributed by atoms with E-state index in [2.05, 4.69) is 5.92 Å². The van der Waals surface area contributed by atoms with Crippen LogP contribution in [0, 0.1) is 12.3 Å². The number of esters is 1. The van der Waals surface area contributed by atoms with Crippen molar-refractivity contribution in [3.63, 3.8) is 0 Å². The summed E-state index contributed by atoms with van der Waals surface area (Å²) < 4.78 is 16.7. The molecule has 4 nitrogen and oxygen atoms in total. The molecule has 0 aromatic rings. The Morgan fingerprint density at radius 1 is 1.47 bits per heavy atom. The molecule has 0 aromatic heterocycles. The standard InChI is InChI=1S/C13H18O4/c1-3-11(16-10(2)14)12-9-15-13(17-12)7-5-4-6-8-13/h1,11-12H,4-9H2,2H3/t11-,12+/m0/s1. The molecule has 0 radical (unpaired) electrons. The lowest BCUT2D eigenvalue weighted by atomic mass is 9.94. The van der Waals surface area contributed by atoms with Gasteiger partial charge in [0.05, 0.1) is 6.61 Å². The van der Waals surface area contributed by atoms with E-state index in [1.807, 2.05) is 0 Å². The highest BCUT2D eigenvalue weighted by molar-refractivity contribution is 5.66. The molecule has 0 aromatic carbocycles. The molecule has 0 bridgehead atoms. The van der Waals surface area contributed by atoms with Crippen molar-refractivity contribution in [3.05, 3.63) is 0 Å². The van der Waals surface area contributed by atoms with Gasteiger partial charge >= 0.3 is 5.97 Å². The van der Waals surface area contributed by atoms with Gasteiger partial charge in [-0.05, 0) is 12.8 Å². The normalized spacial score (nSPS) is 28.6. The first-order chi connectivity index (χ1) is 8.15. The highest BCUT2D eigenvalue weighted by Gasteiger charge is 2.45. The van der Waals surface area contributed by atoms with E-state index in [1.165, 1.54) is 13.3 Å². The molecule has 2 aliphatic rings. The van der Waals surface area contributed by atoms with Crippen LogP contribution < -0.4 is 0 Å². The summed E-state index contributed by atoms with van der Waals surface area (Å²) in [5.41, 5.74) is 0. The largest absolute Gasteiger partial charge is 0.446 e. The molecule has 2 atom stereocenters. The maximum Gasteiger partial charge on any atom is 0.303 e. The molecule has 94 valence electrons. The molecule has 1 saturated carbocycles. The lowest BCUT2D eigenvalue weighted by Crippen LogP contribution is -2.37. The maximum atomic E-state index is 10.9. The van der Waals surface area contributed by atoms with Crippen molar-refractivity contribution in [2.45, 2.75) is 57.0 Å². The van der Waals surface area contributed by atoms with Crippen molar-refractivity contribution in [2.24, 2.45) is 0 Å². The Morgan fingerprint density at radius 3 is 2.76 bits per heavy atom. The summed E-state index contributed by atoms with van der Waals surface area (Å²) in [6, 6.07) is 0. The summed E-state index contributed by atoms with van der Waals surface area (Å²) in [6.07, 6.45) is 9.64. The summed E-state index contributed by atoms with van der Waals surface area (Å²) in [7, 11) is 0. The van der Waals surface area contributed by atoms with Crippen LogP contribution in [-0.2, 0) is 19.0 Å². The van der Waals surface area contributed by atoms with Crippen LogP contribution in [-0.4, -0.2) is 30.6 Å². The quantitative estimate of drug-likeness (QED) is 0.542. The molecular formula is C13H18O4. The number of ether oxygens (including phenoxy) is 3. The average molecular weight is 238 g/mol. The van der Waals surface area contributed by atoms with Crippen molar-refractivity contribution >= 4 is 5.97 Å². The van der Waals surface area contributed by atoms with Crippen LogP contribution in [0.3, 0.4) is 0 Å². The van der Waals surface area contributed by atoms with Crippen LogP contribution in [0.4, 0.5) is 0 Å². The van der Waals surface area contributed by atoms with E-state index in [0.29, 0.717) is 6.61 Å². The maximum absolute atomic E-state index is 10.9. The first kappa shape index (κ1) is 12.4. The number of hydrogen-bond acceptors (Lipinski definition) is 4. The molecule has 1 spiro atoms. The third-order valence-corrected chi connectivity index (χ3v) is 3.29. The molecule has 17 heavy (non-hydrogen) atoms. The molecule has 0 N–H and O–H groups in total. The van der Waals surface area contributed by atoms with Gasteiger partial charge < -0.3 is 14.2 Å². The van der Waals surface area contributed by atoms with Crippen molar-refractivity contribution in [2.75, 3.05) is 6.61 Å². The van der Waals surface area contributed by atoms with Gasteiger partial charge in [-0.3, -0.25) is 4.79 Å². The van der Waals surface area contributed by atoms with Crippen LogP contribution in [0.5, 0.6) is 0 Å². The van der Waals surface area contributed by atoms with Gasteiger partial charge in [0.25, 0.3) is 0 Å². The molecule has 0 unspecified atom stereocenters. The lowest BCUT2D eigenvalue weighted by molar-refractivity contribution is -0.196. The number of rotatable bonds is 2. The molecule has 1 heterocycles. The molecule has 4 heteroatoms. The van der Waals surface area contributed by atoms with Gasteiger partial charge in [-0.15, -0.1) is 6.42 Å². The first-order valence-corrected chi connectivity index (χ1v) is 6.10. The van der Waals surface area contributed by atoms with E-state index >= 15 is 0 Å². The van der Waals surface area contributed by atoms with Crippen LogP contribution in [0.15, 0.2) is 0 Å². The van der Waals surface area contributed by atoms with Crippen molar-refractivity contribution < 1.29 is 19.0 Å². The highest BCUT2D eigenvalue weighted by Crippen LogP contribution is 2.38. The predicted molar refractivity (Wildman–Crippen MR) is 61.0 cm³/mol. The highest BCUT2D eigenvalue weighted by atomic mass is 16.8. The summed E-state index contributed by atoms with van der Waals surface area (Å²) in [5.74, 6) is 1.59. The van der Waals surface area contributed by atoms with Gasteiger partial charge in [0.2, 0.25) is 0 Å². The van der Waals surface area contributed by atoms with E-state index in [4.69, 9.17) is 20.6 Å². The van der Waals surface area contributed by atoms with E-state index < -0.39 is 11.9 Å². The molecule has 1 aliphatic carbocycles. The summed E-state index contributed by atoms with van der Waals surface area (Å²) in [5, 5.41) is 0. The van der Waals surface area contributed by atoms with E-state index in [9.17, 15) is 4.79 Å². The minimum absolute atomic E-state index is 0.331. The summed E-state index contributed by atoms with van der Waals surface area (Å²) in [4.78, 5) is 10.9. The molecule has 1 saturated heterocycles. The van der Waals surface area contributed by atoms with Gasteiger partial charge in [0.15, 0.2) is 11.9 Å². The second kappa shape index (κ2) is 5.07. The van der Waals surface area contributed by atoms with Crippen LogP contribution >= 0.6 is 0 Å². The van der Waals surface area contributed by atoms with Gasteiger partial charge in [-0.2, -0.15) is 0 Å². The Hall–Kier alpha value is -1.05. The lowest BCUT2D eigenvalue weighted by Gasteiger charge is -2.32. The minimum atomic E-state index is -0.645. The van der Waals surface area contributed by atoms with E-state index in [-0.39, 0.29) is 12.1 Å². The van der Waals surface area contributed by atoms with Crippen molar-refractivity contribution in [3.8, 4) is 12.3 Å². The average Bonchev–Trinajstić information content (AvgIpc) is 2.71. The fourth-order valence-electron chi connectivity index (χ4n) is 2.48. The predicted octanol–water partition coefficient (Wildman–Crippen LogP) is 1.63. The number of carbonyl (C=O) groups excluding carboxylic acids is 1. The third-order valence-electron chi connectivity index (χ3n) is 3.29. The van der Waals surface area contributed by atoms with Gasteiger partial charge in [0.1, 0.15) is 6.10 Å². The molecule has 0 amide bonds. The monoisotopic (exact) mass is 238 g/mol. The minimum Gasteiger partial charge on any atom is -0.446 e. The smallest absolute Gasteiger partial charge is 0.303 e. The van der Waals surface area contributed by atoms with Gasteiger partial charge in [-0.1, -0.05) is 12.3 Å². The van der Waals surface area contributed by atoms with Crippen LogP contribution in [0.25, 0.3) is 0 Å². The zero-order valence-corrected chi connectivity index (χ0v) is 10.1. The zero-order valence-electron chi connectivity index (χ0n) is 10.1. The Balaban J connectivity index is 1.96. The number of carbonyl (C=O) groups is 1. The summed E-state index contributed by atoms with van der Waals surface area (Å²) >= 11 is 0. The van der Waals surface area contributed by atoms with Crippen molar-refractivity contribution in [1.82, 2.24) is 0 Å². The van der Waals surface area contributed by atoms with Gasteiger partial charge in [-0.25, -0.2) is 0 Å². The number of terminal acetylenes is 1. The Morgan fingerprint density at radius 2 is 2.18 bits per heavy atom. The first-order valence-electron chi connectivity index (χ1n) is 6.10.